The lowest BCUT2D eigenvalue weighted by Gasteiger charge is -2.36. The molecule has 0 aromatic carbocycles. The highest BCUT2D eigenvalue weighted by Crippen LogP contribution is 2.30. The van der Waals surface area contributed by atoms with E-state index in [4.69, 9.17) is 4.74 Å². The van der Waals surface area contributed by atoms with Crippen LogP contribution in [-0.2, 0) is 11.3 Å². The van der Waals surface area contributed by atoms with Crippen molar-refractivity contribution in [2.45, 2.75) is 19.1 Å². The molecule has 3 aromatic heterocycles. The Morgan fingerprint density at radius 2 is 2.13 bits per heavy atom. The summed E-state index contributed by atoms with van der Waals surface area (Å²) < 4.78 is 36.1. The van der Waals surface area contributed by atoms with Crippen LogP contribution in [-0.4, -0.2) is 67.8 Å². The number of nitrogens with zero attached hydrogens (tertiary/aromatic N) is 7. The molecule has 0 N–H and O–H groups in total. The number of pyridine rings is 1. The van der Waals surface area contributed by atoms with Gasteiger partial charge in [-0.25, -0.2) is 23.3 Å². The number of hydrogen-bond donors (Lipinski definition) is 0. The molecule has 0 bridgehead atoms. The van der Waals surface area contributed by atoms with E-state index < -0.39 is 17.9 Å². The molecule has 0 aliphatic carbocycles. The Kier molecular flexibility index (Phi) is 4.64. The first-order valence-corrected chi connectivity index (χ1v) is 9.69. The summed E-state index contributed by atoms with van der Waals surface area (Å²) in [6.45, 7) is 1.06. The minimum atomic E-state index is -1.37. The van der Waals surface area contributed by atoms with Crippen LogP contribution in [0.15, 0.2) is 31.1 Å². The Hall–Kier alpha value is -3.37. The summed E-state index contributed by atoms with van der Waals surface area (Å²) in [5, 5.41) is 4.07. The maximum atomic E-state index is 15.1. The quantitative estimate of drug-likeness (QED) is 0.622. The van der Waals surface area contributed by atoms with E-state index in [1.807, 2.05) is 0 Å². The molecule has 2 aliphatic rings. The number of carbonyl (C=O) groups is 1. The number of alkyl halides is 1. The second-order valence-electron chi connectivity index (χ2n) is 7.35. The number of piperidine rings is 1. The van der Waals surface area contributed by atoms with Crippen LogP contribution in [0, 0.1) is 11.7 Å². The minimum absolute atomic E-state index is 0.0348. The summed E-state index contributed by atoms with van der Waals surface area (Å²) in [6.07, 6.45) is 6.20. The molecule has 30 heavy (non-hydrogen) atoms. The number of aromatic nitrogens is 5. The first-order valence-electron chi connectivity index (χ1n) is 9.69. The van der Waals surface area contributed by atoms with Crippen molar-refractivity contribution in [3.8, 4) is 5.75 Å². The summed E-state index contributed by atoms with van der Waals surface area (Å²) in [5.74, 6) is -0.978. The Bertz CT molecular complexity index is 1090. The Morgan fingerprint density at radius 1 is 1.23 bits per heavy atom. The van der Waals surface area contributed by atoms with E-state index in [0.29, 0.717) is 30.0 Å². The van der Waals surface area contributed by atoms with Crippen molar-refractivity contribution in [1.82, 2.24) is 29.5 Å². The van der Waals surface area contributed by atoms with E-state index >= 15 is 4.39 Å². The van der Waals surface area contributed by atoms with Crippen molar-refractivity contribution in [1.29, 1.82) is 0 Å². The zero-order valence-corrected chi connectivity index (χ0v) is 16.0. The summed E-state index contributed by atoms with van der Waals surface area (Å²) in [6, 6.07) is 0. The fourth-order valence-corrected chi connectivity index (χ4v) is 4.05. The Balaban J connectivity index is 1.31. The molecule has 0 spiro atoms. The third-order valence-electron chi connectivity index (χ3n) is 5.54. The van der Waals surface area contributed by atoms with Gasteiger partial charge in [0.05, 0.1) is 31.7 Å². The highest BCUT2D eigenvalue weighted by atomic mass is 19.1. The molecule has 9 nitrogen and oxygen atoms in total. The molecule has 1 fully saturated rings. The monoisotopic (exact) mass is 415 g/mol. The molecule has 0 saturated carbocycles. The third kappa shape index (κ3) is 3.19. The van der Waals surface area contributed by atoms with Gasteiger partial charge < -0.3 is 14.5 Å². The van der Waals surface area contributed by atoms with Crippen LogP contribution in [0.3, 0.4) is 0 Å². The van der Waals surface area contributed by atoms with Gasteiger partial charge >= 0.3 is 0 Å². The summed E-state index contributed by atoms with van der Waals surface area (Å²) in [7, 11) is 0. The van der Waals surface area contributed by atoms with E-state index in [0.717, 1.165) is 6.20 Å². The molecule has 0 radical (unpaired) electrons. The van der Waals surface area contributed by atoms with Gasteiger partial charge in [-0.2, -0.15) is 5.10 Å². The molecule has 1 unspecified atom stereocenters. The average Bonchev–Trinajstić information content (AvgIpc) is 3.12. The normalized spacial score (nSPS) is 21.8. The molecule has 5 rings (SSSR count). The van der Waals surface area contributed by atoms with Crippen molar-refractivity contribution in [3.63, 3.8) is 0 Å². The van der Waals surface area contributed by atoms with Crippen molar-refractivity contribution in [2.75, 3.05) is 31.1 Å². The van der Waals surface area contributed by atoms with Gasteiger partial charge in [-0.15, -0.1) is 0 Å². The van der Waals surface area contributed by atoms with Crippen LogP contribution < -0.4 is 9.64 Å². The number of halogens is 2. The lowest BCUT2D eigenvalue weighted by Crippen LogP contribution is -2.49. The highest BCUT2D eigenvalue weighted by molar-refractivity contribution is 5.80. The fourth-order valence-electron chi connectivity index (χ4n) is 4.05. The zero-order chi connectivity index (χ0) is 20.7. The molecule has 1 amide bonds. The van der Waals surface area contributed by atoms with Gasteiger partial charge in [-0.1, -0.05) is 0 Å². The van der Waals surface area contributed by atoms with Gasteiger partial charge in [0.1, 0.15) is 19.1 Å². The van der Waals surface area contributed by atoms with E-state index in [1.54, 1.807) is 21.8 Å². The van der Waals surface area contributed by atoms with Crippen LogP contribution in [0.5, 0.6) is 5.75 Å². The van der Waals surface area contributed by atoms with E-state index in [-0.39, 0.29) is 37.9 Å². The van der Waals surface area contributed by atoms with Crippen LogP contribution in [0.2, 0.25) is 0 Å². The summed E-state index contributed by atoms with van der Waals surface area (Å²) in [4.78, 5) is 28.7. The maximum absolute atomic E-state index is 15.1. The van der Waals surface area contributed by atoms with Crippen molar-refractivity contribution in [2.24, 2.45) is 5.92 Å². The second-order valence-corrected chi connectivity index (χ2v) is 7.35. The molecule has 5 heterocycles. The number of ether oxygens (including phenoxy) is 1. The molecule has 2 aliphatic heterocycles. The fraction of sp³-hybridized carbons (Fsp3) is 0.421. The first-order chi connectivity index (χ1) is 14.6. The van der Waals surface area contributed by atoms with Crippen molar-refractivity contribution >= 4 is 17.4 Å². The minimum Gasteiger partial charge on any atom is -0.488 e. The van der Waals surface area contributed by atoms with Crippen molar-refractivity contribution in [3.05, 3.63) is 42.5 Å². The third-order valence-corrected chi connectivity index (χ3v) is 5.54. The number of carbonyl (C=O) groups excluding carboxylic acids is 1. The second kappa shape index (κ2) is 7.47. The zero-order valence-electron chi connectivity index (χ0n) is 16.0. The predicted molar refractivity (Wildman–Crippen MR) is 101 cm³/mol. The topological polar surface area (TPSA) is 88.8 Å². The number of rotatable bonds is 2. The lowest BCUT2D eigenvalue weighted by molar-refractivity contribution is -0.139. The smallest absolute Gasteiger partial charge is 0.229 e. The van der Waals surface area contributed by atoms with Gasteiger partial charge in [-0.05, 0) is 6.42 Å². The standard InChI is InChI=1S/C19H19F2N7O2/c20-14-8-22-7-12-9-27(5-6-30-16(12)14)19(29)13-1-3-26(10-15(13)21)17-18-24-11-25-28(18)4-2-23-17/h2,4,7-8,11,13,15H,1,3,5-6,9-10H2/t13-,15?/m0/s1. The maximum Gasteiger partial charge on any atom is 0.229 e. The van der Waals surface area contributed by atoms with Crippen molar-refractivity contribution < 1.29 is 18.3 Å². The number of anilines is 1. The van der Waals surface area contributed by atoms with Gasteiger partial charge in [0.25, 0.3) is 0 Å². The van der Waals surface area contributed by atoms with Crippen LogP contribution in [0.4, 0.5) is 14.6 Å². The van der Waals surface area contributed by atoms with E-state index in [2.05, 4.69) is 20.1 Å². The van der Waals surface area contributed by atoms with Gasteiger partial charge in [-0.3, -0.25) is 9.78 Å². The predicted octanol–water partition coefficient (Wildman–Crippen LogP) is 1.24. The van der Waals surface area contributed by atoms with E-state index in [9.17, 15) is 9.18 Å². The molecule has 11 heteroatoms. The number of hydrogen-bond acceptors (Lipinski definition) is 7. The van der Waals surface area contributed by atoms with Crippen LogP contribution in [0.25, 0.3) is 5.65 Å². The van der Waals surface area contributed by atoms with Gasteiger partial charge in [0.15, 0.2) is 23.0 Å². The SMILES string of the molecule is O=C([C@H]1CCN(c2nccn3ncnc23)CC1F)N1CCOc2c(F)cncc2C1. The van der Waals surface area contributed by atoms with E-state index in [1.165, 1.54) is 17.4 Å². The van der Waals surface area contributed by atoms with Gasteiger partial charge in [0, 0.05) is 30.7 Å². The lowest BCUT2D eigenvalue weighted by atomic mass is 9.93. The number of amides is 1. The first kappa shape index (κ1) is 18.6. The molecule has 156 valence electrons. The summed E-state index contributed by atoms with van der Waals surface area (Å²) in [5.41, 5.74) is 1.03. The van der Waals surface area contributed by atoms with Crippen LogP contribution in [0.1, 0.15) is 12.0 Å². The molecule has 1 saturated heterocycles. The molecular weight excluding hydrogens is 396 g/mol. The molecule has 3 aromatic rings. The highest BCUT2D eigenvalue weighted by Gasteiger charge is 2.38. The summed E-state index contributed by atoms with van der Waals surface area (Å²) >= 11 is 0. The molecule has 2 atom stereocenters. The molecular formula is C19H19F2N7O2. The van der Waals surface area contributed by atoms with Crippen LogP contribution >= 0.6 is 0 Å². The largest absolute Gasteiger partial charge is 0.488 e. The average molecular weight is 415 g/mol. The van der Waals surface area contributed by atoms with Gasteiger partial charge in [0.2, 0.25) is 5.91 Å². The Labute approximate surface area is 170 Å². The Morgan fingerprint density at radius 3 is 3.00 bits per heavy atom. The number of fused-ring (bicyclic) bond motifs is 2.